The summed E-state index contributed by atoms with van der Waals surface area (Å²) in [4.78, 5) is 27.5. The summed E-state index contributed by atoms with van der Waals surface area (Å²) >= 11 is 0. The third kappa shape index (κ3) is 5.21. The number of carbonyl (C=O) groups is 1. The van der Waals surface area contributed by atoms with Gasteiger partial charge in [-0.3, -0.25) is 14.9 Å². The van der Waals surface area contributed by atoms with E-state index in [4.69, 9.17) is 0 Å². The zero-order valence-electron chi connectivity index (χ0n) is 17.2. The molecule has 0 radical (unpaired) electrons. The first kappa shape index (κ1) is 21.0. The van der Waals surface area contributed by atoms with Crippen LogP contribution in [0.4, 0.5) is 11.4 Å². The number of para-hydroxylation sites is 1. The van der Waals surface area contributed by atoms with E-state index in [1.807, 2.05) is 54.3 Å². The van der Waals surface area contributed by atoms with Crippen LogP contribution in [0.15, 0.2) is 54.6 Å². The summed E-state index contributed by atoms with van der Waals surface area (Å²) in [5.74, 6) is 0.545. The van der Waals surface area contributed by atoms with Crippen LogP contribution in [0.25, 0.3) is 0 Å². The van der Waals surface area contributed by atoms with Crippen molar-refractivity contribution in [1.82, 2.24) is 4.90 Å². The summed E-state index contributed by atoms with van der Waals surface area (Å²) in [6, 6.07) is 17.0. The number of benzene rings is 2. The van der Waals surface area contributed by atoms with E-state index in [1.54, 1.807) is 12.1 Å². The predicted molar refractivity (Wildman–Crippen MR) is 115 cm³/mol. The van der Waals surface area contributed by atoms with Crippen molar-refractivity contribution in [3.63, 3.8) is 0 Å². The largest absolute Gasteiger partial charge is 0.309 e. The second kappa shape index (κ2) is 9.65. The highest BCUT2D eigenvalue weighted by Crippen LogP contribution is 2.28. The van der Waals surface area contributed by atoms with E-state index in [0.717, 1.165) is 43.7 Å². The van der Waals surface area contributed by atoms with Crippen molar-refractivity contribution in [3.05, 3.63) is 70.3 Å². The Morgan fingerprint density at radius 3 is 2.45 bits per heavy atom. The quantitative estimate of drug-likeness (QED) is 0.518. The van der Waals surface area contributed by atoms with Crippen molar-refractivity contribution in [2.75, 3.05) is 24.5 Å². The maximum absolute atomic E-state index is 12.7. The van der Waals surface area contributed by atoms with Gasteiger partial charge in [-0.2, -0.15) is 0 Å². The fraction of sp³-hybridized carbons (Fsp3) is 0.435. The second-order valence-corrected chi connectivity index (χ2v) is 7.76. The Morgan fingerprint density at radius 1 is 1.17 bits per heavy atom. The molecule has 0 N–H and O–H groups in total. The summed E-state index contributed by atoms with van der Waals surface area (Å²) in [6.07, 6.45) is 2.32. The molecular weight excluding hydrogens is 366 g/mol. The van der Waals surface area contributed by atoms with Crippen LogP contribution in [-0.4, -0.2) is 41.4 Å². The third-order valence-electron chi connectivity index (χ3n) is 5.75. The number of piperidine rings is 1. The number of nitro benzene ring substituents is 1. The smallest absolute Gasteiger partial charge is 0.269 e. The molecule has 2 atom stereocenters. The molecule has 2 aromatic carbocycles. The zero-order valence-corrected chi connectivity index (χ0v) is 17.2. The average molecular weight is 396 g/mol. The Balaban J connectivity index is 1.60. The first-order valence-corrected chi connectivity index (χ1v) is 10.3. The Bertz CT molecular complexity index is 823. The topological polar surface area (TPSA) is 66.7 Å². The molecule has 6 heteroatoms. The molecule has 0 bridgehead atoms. The molecule has 2 aromatic rings. The van der Waals surface area contributed by atoms with E-state index in [2.05, 4.69) is 11.8 Å². The Hall–Kier alpha value is -2.73. The highest BCUT2D eigenvalue weighted by molar-refractivity contribution is 5.93. The molecular formula is C23H29N3O3. The fourth-order valence-corrected chi connectivity index (χ4v) is 4.16. The monoisotopic (exact) mass is 395 g/mol. The molecule has 1 heterocycles. The summed E-state index contributed by atoms with van der Waals surface area (Å²) in [5, 5.41) is 10.8. The highest BCUT2D eigenvalue weighted by atomic mass is 16.6. The van der Waals surface area contributed by atoms with E-state index >= 15 is 0 Å². The van der Waals surface area contributed by atoms with Gasteiger partial charge in [0.25, 0.3) is 5.69 Å². The second-order valence-electron chi connectivity index (χ2n) is 7.76. The molecule has 0 spiro atoms. The van der Waals surface area contributed by atoms with Crippen LogP contribution in [0, 0.1) is 16.0 Å². The number of carbonyl (C=O) groups excluding carboxylic acids is 1. The minimum Gasteiger partial charge on any atom is -0.309 e. The van der Waals surface area contributed by atoms with Crippen molar-refractivity contribution in [2.24, 2.45) is 5.92 Å². The van der Waals surface area contributed by atoms with Gasteiger partial charge in [-0.05, 0) is 36.5 Å². The molecule has 6 nitrogen and oxygen atoms in total. The van der Waals surface area contributed by atoms with Gasteiger partial charge in [-0.1, -0.05) is 44.2 Å². The van der Waals surface area contributed by atoms with E-state index in [1.165, 1.54) is 0 Å². The lowest BCUT2D eigenvalue weighted by molar-refractivity contribution is -0.384. The summed E-state index contributed by atoms with van der Waals surface area (Å²) in [6.45, 7) is 6.95. The van der Waals surface area contributed by atoms with Gasteiger partial charge < -0.3 is 9.80 Å². The van der Waals surface area contributed by atoms with Crippen LogP contribution in [0.5, 0.6) is 0 Å². The number of non-ortho nitro benzene ring substituents is 1. The molecule has 1 saturated heterocycles. The maximum atomic E-state index is 12.7. The first-order valence-electron chi connectivity index (χ1n) is 10.3. The molecule has 1 fully saturated rings. The molecule has 1 aliphatic rings. The van der Waals surface area contributed by atoms with Gasteiger partial charge in [0.2, 0.25) is 5.91 Å². The summed E-state index contributed by atoms with van der Waals surface area (Å²) in [7, 11) is 0. The van der Waals surface area contributed by atoms with Gasteiger partial charge in [0.1, 0.15) is 0 Å². The molecule has 0 saturated carbocycles. The molecule has 29 heavy (non-hydrogen) atoms. The lowest BCUT2D eigenvalue weighted by Crippen LogP contribution is -2.52. The Labute approximate surface area is 172 Å². The van der Waals surface area contributed by atoms with Crippen LogP contribution < -0.4 is 4.90 Å². The van der Waals surface area contributed by atoms with Gasteiger partial charge in [0, 0.05) is 49.9 Å². The van der Waals surface area contributed by atoms with Gasteiger partial charge in [0.15, 0.2) is 0 Å². The van der Waals surface area contributed by atoms with Crippen molar-refractivity contribution in [2.45, 2.75) is 39.2 Å². The summed E-state index contributed by atoms with van der Waals surface area (Å²) in [5.41, 5.74) is 2.22. The van der Waals surface area contributed by atoms with Crippen molar-refractivity contribution in [3.8, 4) is 0 Å². The van der Waals surface area contributed by atoms with Crippen LogP contribution in [-0.2, 0) is 11.2 Å². The first-order chi connectivity index (χ1) is 14.0. The van der Waals surface area contributed by atoms with E-state index < -0.39 is 0 Å². The Morgan fingerprint density at radius 2 is 1.86 bits per heavy atom. The zero-order chi connectivity index (χ0) is 20.8. The van der Waals surface area contributed by atoms with Gasteiger partial charge in [-0.25, -0.2) is 0 Å². The Kier molecular flexibility index (Phi) is 6.99. The fourth-order valence-electron chi connectivity index (χ4n) is 4.16. The number of rotatable bonds is 7. The number of hydrogen-bond acceptors (Lipinski definition) is 4. The normalized spacial score (nSPS) is 19.7. The van der Waals surface area contributed by atoms with Crippen molar-refractivity contribution >= 4 is 17.3 Å². The number of nitrogens with zero attached hydrogens (tertiary/aromatic N) is 3. The maximum Gasteiger partial charge on any atom is 0.269 e. The number of hydrogen-bond donors (Lipinski definition) is 0. The number of nitro groups is 1. The molecule has 2 unspecified atom stereocenters. The SMILES string of the molecule is CCC(=O)N(c1ccccc1)C1CCN(CCc2ccc([N+](=O)[O-])cc2)CC1C. The minimum absolute atomic E-state index is 0.129. The van der Waals surface area contributed by atoms with Crippen LogP contribution in [0.3, 0.4) is 0 Å². The molecule has 154 valence electrons. The summed E-state index contributed by atoms with van der Waals surface area (Å²) < 4.78 is 0. The van der Waals surface area contributed by atoms with Crippen LogP contribution >= 0.6 is 0 Å². The predicted octanol–water partition coefficient (Wildman–Crippen LogP) is 4.29. The molecule has 3 rings (SSSR count). The molecule has 1 amide bonds. The van der Waals surface area contributed by atoms with Gasteiger partial charge in [-0.15, -0.1) is 0 Å². The van der Waals surface area contributed by atoms with Crippen molar-refractivity contribution in [1.29, 1.82) is 0 Å². The van der Waals surface area contributed by atoms with Crippen LogP contribution in [0.1, 0.15) is 32.3 Å². The number of likely N-dealkylation sites (tertiary alicyclic amines) is 1. The highest BCUT2D eigenvalue weighted by Gasteiger charge is 2.33. The minimum atomic E-state index is -0.369. The van der Waals surface area contributed by atoms with Crippen LogP contribution in [0.2, 0.25) is 0 Å². The van der Waals surface area contributed by atoms with E-state index in [0.29, 0.717) is 12.3 Å². The lowest BCUT2D eigenvalue weighted by atomic mass is 9.91. The number of amides is 1. The van der Waals surface area contributed by atoms with Gasteiger partial charge in [0.05, 0.1) is 4.92 Å². The average Bonchev–Trinajstić information content (AvgIpc) is 2.74. The van der Waals surface area contributed by atoms with Crippen molar-refractivity contribution < 1.29 is 9.72 Å². The third-order valence-corrected chi connectivity index (χ3v) is 5.75. The molecule has 0 aliphatic carbocycles. The lowest BCUT2D eigenvalue weighted by Gasteiger charge is -2.42. The molecule has 1 aliphatic heterocycles. The van der Waals surface area contributed by atoms with E-state index in [9.17, 15) is 14.9 Å². The standard InChI is InChI=1S/C23H29N3O3/c1-3-23(27)25(20-7-5-4-6-8-20)22-14-16-24(17-18(22)2)15-13-19-9-11-21(12-10-19)26(28)29/h4-12,18,22H,3,13-17H2,1-2H3. The van der Waals surface area contributed by atoms with E-state index in [-0.39, 0.29) is 22.6 Å². The molecule has 0 aromatic heterocycles. The number of anilines is 1. The van der Waals surface area contributed by atoms with Gasteiger partial charge >= 0.3 is 0 Å².